The summed E-state index contributed by atoms with van der Waals surface area (Å²) in [7, 11) is 0. The fourth-order valence-corrected chi connectivity index (χ4v) is 5.09. The zero-order chi connectivity index (χ0) is 26.4. The van der Waals surface area contributed by atoms with Crippen molar-refractivity contribution in [3.63, 3.8) is 0 Å². The van der Waals surface area contributed by atoms with Gasteiger partial charge in [0, 0.05) is 29.7 Å². The fourth-order valence-electron chi connectivity index (χ4n) is 5.09. The molecule has 0 radical (unpaired) electrons. The van der Waals surface area contributed by atoms with Crippen LogP contribution in [0.5, 0.6) is 0 Å². The lowest BCUT2D eigenvalue weighted by Crippen LogP contribution is -2.60. The minimum absolute atomic E-state index is 0.138. The third kappa shape index (κ3) is 7.00. The molecule has 37 heavy (non-hydrogen) atoms. The Labute approximate surface area is 216 Å². The molecule has 4 rings (SSSR count). The number of fused-ring (bicyclic) bond motifs is 1. The number of primary amides is 2. The second-order valence-electron chi connectivity index (χ2n) is 10.0. The van der Waals surface area contributed by atoms with Gasteiger partial charge in [0.2, 0.25) is 17.7 Å². The predicted octanol–water partition coefficient (Wildman–Crippen LogP) is 0.631. The van der Waals surface area contributed by atoms with Crippen LogP contribution in [-0.2, 0) is 20.8 Å². The number of carbonyl (C=O) groups is 4. The minimum Gasteiger partial charge on any atom is -0.368 e. The van der Waals surface area contributed by atoms with Gasteiger partial charge in [-0.05, 0) is 63.1 Å². The molecule has 1 aliphatic carbocycles. The number of aromatic nitrogens is 1. The van der Waals surface area contributed by atoms with Crippen LogP contribution in [0.2, 0.25) is 0 Å². The van der Waals surface area contributed by atoms with E-state index in [4.69, 9.17) is 11.5 Å². The number of nitrogens with one attached hydrogen (secondary N) is 4. The Balaban J connectivity index is 1.56. The maximum atomic E-state index is 13.8. The minimum atomic E-state index is -0.773. The van der Waals surface area contributed by atoms with Crippen LogP contribution in [0.15, 0.2) is 30.5 Å². The molecule has 2 aromatic rings. The van der Waals surface area contributed by atoms with Crippen LogP contribution in [0.1, 0.15) is 50.5 Å². The number of carbonyl (C=O) groups excluding carboxylic acids is 4. The number of para-hydroxylation sites is 1. The van der Waals surface area contributed by atoms with E-state index in [-0.39, 0.29) is 17.9 Å². The quantitative estimate of drug-likeness (QED) is 0.229. The SMILES string of the molecule is NC(=O)NCCC[C@H](NC(=O)[C@H](Cc1c[nH]c2ccccc12)N1CCCCC1C(N)=O)C(=O)NC1CC1. The van der Waals surface area contributed by atoms with Crippen molar-refractivity contribution in [2.24, 2.45) is 11.5 Å². The first-order valence-corrected chi connectivity index (χ1v) is 13.1. The molecule has 2 aliphatic rings. The summed E-state index contributed by atoms with van der Waals surface area (Å²) >= 11 is 0. The van der Waals surface area contributed by atoms with Gasteiger partial charge in [-0.15, -0.1) is 0 Å². The van der Waals surface area contributed by atoms with E-state index in [1.807, 2.05) is 35.4 Å². The molecule has 1 saturated heterocycles. The van der Waals surface area contributed by atoms with Crippen molar-refractivity contribution in [3.8, 4) is 0 Å². The van der Waals surface area contributed by atoms with Crippen molar-refractivity contribution in [3.05, 3.63) is 36.0 Å². The molecular weight excluding hydrogens is 474 g/mol. The molecule has 1 aromatic carbocycles. The molecule has 1 saturated carbocycles. The second-order valence-corrected chi connectivity index (χ2v) is 10.0. The Bertz CT molecular complexity index is 1130. The highest BCUT2D eigenvalue weighted by Gasteiger charge is 2.38. The number of nitrogens with two attached hydrogens (primary N) is 2. The molecule has 0 spiro atoms. The summed E-state index contributed by atoms with van der Waals surface area (Å²) in [4.78, 5) is 55.3. The topological polar surface area (TPSA) is 175 Å². The molecule has 3 atom stereocenters. The Morgan fingerprint density at radius 1 is 1.05 bits per heavy atom. The summed E-state index contributed by atoms with van der Waals surface area (Å²) in [6.45, 7) is 0.864. The first kappa shape index (κ1) is 26.5. The molecule has 5 amide bonds. The average Bonchev–Trinajstić information content (AvgIpc) is 3.60. The van der Waals surface area contributed by atoms with Crippen LogP contribution < -0.4 is 27.4 Å². The summed E-state index contributed by atoms with van der Waals surface area (Å²) in [6.07, 6.45) is 7.21. The van der Waals surface area contributed by atoms with Crippen molar-refractivity contribution < 1.29 is 19.2 Å². The standard InChI is InChI=1S/C26H37N7O4/c27-23(34)21-9-3-4-13-33(21)22(14-16-15-30-19-7-2-1-6-18(16)19)25(36)32-20(8-5-12-29-26(28)37)24(35)31-17-10-11-17/h1-2,6-7,15,17,20-22,30H,3-5,8-14H2,(H2,27,34)(H,31,35)(H,32,36)(H3,28,29,37)/t20-,21?,22-/m0/s1. The van der Waals surface area contributed by atoms with E-state index in [9.17, 15) is 19.2 Å². The highest BCUT2D eigenvalue weighted by atomic mass is 16.2. The number of piperidine rings is 1. The van der Waals surface area contributed by atoms with E-state index < -0.39 is 30.1 Å². The average molecular weight is 512 g/mol. The summed E-state index contributed by atoms with van der Waals surface area (Å²) in [5.41, 5.74) is 12.8. The molecule has 2 fully saturated rings. The molecule has 1 aliphatic heterocycles. The number of urea groups is 1. The molecule has 0 bridgehead atoms. The van der Waals surface area contributed by atoms with Gasteiger partial charge in [-0.3, -0.25) is 19.3 Å². The number of H-pyrrole nitrogens is 1. The van der Waals surface area contributed by atoms with Crippen molar-refractivity contribution in [1.82, 2.24) is 25.8 Å². The Kier molecular flexibility index (Phi) is 8.65. The van der Waals surface area contributed by atoms with Crippen LogP contribution in [-0.4, -0.2) is 70.9 Å². The first-order chi connectivity index (χ1) is 17.8. The lowest BCUT2D eigenvalue weighted by Gasteiger charge is -2.39. The molecule has 1 unspecified atom stereocenters. The monoisotopic (exact) mass is 511 g/mol. The normalized spacial score (nSPS) is 19.6. The third-order valence-electron chi connectivity index (χ3n) is 7.19. The molecular formula is C26H37N7O4. The lowest BCUT2D eigenvalue weighted by atomic mass is 9.95. The maximum absolute atomic E-state index is 13.8. The largest absolute Gasteiger partial charge is 0.368 e. The number of rotatable bonds is 12. The maximum Gasteiger partial charge on any atom is 0.312 e. The number of likely N-dealkylation sites (tertiary alicyclic amines) is 1. The van der Waals surface area contributed by atoms with Crippen LogP contribution >= 0.6 is 0 Å². The van der Waals surface area contributed by atoms with E-state index in [0.717, 1.165) is 42.1 Å². The molecule has 2 heterocycles. The summed E-state index contributed by atoms with van der Waals surface area (Å²) in [5, 5.41) is 9.45. The zero-order valence-corrected chi connectivity index (χ0v) is 21.0. The van der Waals surface area contributed by atoms with Crippen molar-refractivity contribution in [2.45, 2.75) is 75.5 Å². The number of hydrogen-bond donors (Lipinski definition) is 6. The van der Waals surface area contributed by atoms with Crippen molar-refractivity contribution in [2.75, 3.05) is 13.1 Å². The van der Waals surface area contributed by atoms with Gasteiger partial charge in [-0.25, -0.2) is 4.79 Å². The van der Waals surface area contributed by atoms with Gasteiger partial charge < -0.3 is 32.4 Å². The van der Waals surface area contributed by atoms with Crippen molar-refractivity contribution in [1.29, 1.82) is 0 Å². The van der Waals surface area contributed by atoms with Gasteiger partial charge in [0.1, 0.15) is 6.04 Å². The highest BCUT2D eigenvalue weighted by Crippen LogP contribution is 2.26. The summed E-state index contributed by atoms with van der Waals surface area (Å²) in [6, 6.07) is 5.35. The zero-order valence-electron chi connectivity index (χ0n) is 21.0. The van der Waals surface area contributed by atoms with Crippen LogP contribution in [0.4, 0.5) is 4.79 Å². The number of amides is 5. The van der Waals surface area contributed by atoms with Gasteiger partial charge in [0.15, 0.2) is 0 Å². The molecule has 1 aromatic heterocycles. The molecule has 200 valence electrons. The van der Waals surface area contributed by atoms with E-state index in [0.29, 0.717) is 38.8 Å². The third-order valence-corrected chi connectivity index (χ3v) is 7.19. The fraction of sp³-hybridized carbons (Fsp3) is 0.538. The van der Waals surface area contributed by atoms with E-state index in [1.165, 1.54) is 0 Å². The predicted molar refractivity (Wildman–Crippen MR) is 139 cm³/mol. The van der Waals surface area contributed by atoms with Gasteiger partial charge in [0.25, 0.3) is 0 Å². The number of hydrogen-bond acceptors (Lipinski definition) is 5. The number of benzene rings is 1. The van der Waals surface area contributed by atoms with E-state index >= 15 is 0 Å². The summed E-state index contributed by atoms with van der Waals surface area (Å²) in [5.74, 6) is -1.01. The van der Waals surface area contributed by atoms with Gasteiger partial charge in [0.05, 0.1) is 12.1 Å². The molecule has 11 nitrogen and oxygen atoms in total. The Hall–Kier alpha value is -3.60. The van der Waals surface area contributed by atoms with Gasteiger partial charge in [-0.2, -0.15) is 0 Å². The van der Waals surface area contributed by atoms with Gasteiger partial charge >= 0.3 is 6.03 Å². The number of aromatic amines is 1. The molecule has 8 N–H and O–H groups in total. The lowest BCUT2D eigenvalue weighted by molar-refractivity contribution is -0.136. The van der Waals surface area contributed by atoms with Crippen LogP contribution in [0.25, 0.3) is 10.9 Å². The summed E-state index contributed by atoms with van der Waals surface area (Å²) < 4.78 is 0. The van der Waals surface area contributed by atoms with Crippen LogP contribution in [0.3, 0.4) is 0 Å². The van der Waals surface area contributed by atoms with Crippen LogP contribution in [0, 0.1) is 0 Å². The highest BCUT2D eigenvalue weighted by molar-refractivity contribution is 5.91. The second kappa shape index (κ2) is 12.1. The van der Waals surface area contributed by atoms with E-state index in [1.54, 1.807) is 0 Å². The van der Waals surface area contributed by atoms with Crippen molar-refractivity contribution >= 4 is 34.7 Å². The Morgan fingerprint density at radius 2 is 1.84 bits per heavy atom. The Morgan fingerprint density at radius 3 is 2.57 bits per heavy atom. The smallest absolute Gasteiger partial charge is 0.312 e. The van der Waals surface area contributed by atoms with E-state index in [2.05, 4.69) is 20.9 Å². The number of nitrogens with zero attached hydrogens (tertiary/aromatic N) is 1. The molecule has 11 heteroatoms. The van der Waals surface area contributed by atoms with Gasteiger partial charge in [-0.1, -0.05) is 24.6 Å². The first-order valence-electron chi connectivity index (χ1n) is 13.1.